The molecule has 0 atom stereocenters. The number of halogens is 5. The molecule has 2 aromatic carbocycles. The molecule has 0 fully saturated rings. The summed E-state index contributed by atoms with van der Waals surface area (Å²) in [6.45, 7) is -1.05. The highest BCUT2D eigenvalue weighted by Gasteiger charge is 2.32. The van der Waals surface area contributed by atoms with Crippen molar-refractivity contribution in [3.8, 4) is 0 Å². The Morgan fingerprint density at radius 2 is 1.68 bits per heavy atom. The fourth-order valence-electron chi connectivity index (χ4n) is 2.55. The van der Waals surface area contributed by atoms with E-state index in [1.807, 2.05) is 0 Å². The minimum absolute atomic E-state index is 0.0232. The summed E-state index contributed by atoms with van der Waals surface area (Å²) in [6.07, 6.45) is 0. The predicted molar refractivity (Wildman–Crippen MR) is 107 cm³/mol. The van der Waals surface area contributed by atoms with Crippen molar-refractivity contribution in [3.05, 3.63) is 58.6 Å². The molecule has 0 saturated heterocycles. The van der Waals surface area contributed by atoms with Gasteiger partial charge in [0.1, 0.15) is 30.7 Å². The summed E-state index contributed by atoms with van der Waals surface area (Å²) < 4.78 is 63.2. The molecule has 168 valence electrons. The van der Waals surface area contributed by atoms with E-state index >= 15 is 0 Å². The van der Waals surface area contributed by atoms with E-state index in [1.54, 1.807) is 0 Å². The molecule has 0 saturated carbocycles. The van der Waals surface area contributed by atoms with Crippen LogP contribution >= 0.6 is 23.4 Å². The van der Waals surface area contributed by atoms with Gasteiger partial charge in [-0.2, -0.15) is 8.78 Å². The van der Waals surface area contributed by atoms with Gasteiger partial charge in [0.25, 0.3) is 11.7 Å². The first-order chi connectivity index (χ1) is 14.7. The zero-order chi connectivity index (χ0) is 23.1. The van der Waals surface area contributed by atoms with Crippen molar-refractivity contribution in [2.75, 3.05) is 32.6 Å². The van der Waals surface area contributed by atoms with E-state index < -0.39 is 48.4 Å². The van der Waals surface area contributed by atoms with Gasteiger partial charge in [-0.25, -0.2) is 18.5 Å². The van der Waals surface area contributed by atoms with Crippen LogP contribution < -0.4 is 4.90 Å². The lowest BCUT2D eigenvalue weighted by atomic mass is 10.1. The van der Waals surface area contributed by atoms with Crippen molar-refractivity contribution >= 4 is 41.0 Å². The third-order valence-electron chi connectivity index (χ3n) is 3.84. The minimum Gasteiger partial charge on any atom is -0.364 e. The highest BCUT2D eigenvalue weighted by molar-refractivity contribution is 7.99. The first kappa shape index (κ1) is 24.9. The van der Waals surface area contributed by atoms with Gasteiger partial charge in [-0.3, -0.25) is 9.69 Å². The Morgan fingerprint density at radius 1 is 1.06 bits per heavy atom. The Bertz CT molecular complexity index is 931. The highest BCUT2D eigenvalue weighted by Crippen LogP contribution is 2.34. The molecule has 6 nitrogen and oxygen atoms in total. The molecule has 0 aliphatic heterocycles. The summed E-state index contributed by atoms with van der Waals surface area (Å²) in [5, 5.41) is -0.0852. The molecule has 0 aliphatic carbocycles. The van der Waals surface area contributed by atoms with Crippen LogP contribution in [0.25, 0.3) is 0 Å². The second-order valence-electron chi connectivity index (χ2n) is 5.87. The molecule has 0 aliphatic rings. The molecule has 0 N–H and O–H groups in total. The van der Waals surface area contributed by atoms with Gasteiger partial charge in [-0.05, 0) is 30.3 Å². The third-order valence-corrected chi connectivity index (χ3v) is 4.84. The fraction of sp³-hybridized carbons (Fsp3) is 0.263. The average molecular weight is 481 g/mol. The van der Waals surface area contributed by atoms with E-state index in [0.29, 0.717) is 4.90 Å². The lowest BCUT2D eigenvalue weighted by Crippen LogP contribution is -2.48. The van der Waals surface area contributed by atoms with E-state index in [1.165, 1.54) is 32.4 Å². The average Bonchev–Trinajstić information content (AvgIpc) is 2.69. The lowest BCUT2D eigenvalue weighted by molar-refractivity contribution is 0.0525. The Hall–Kier alpha value is -2.34. The van der Waals surface area contributed by atoms with Gasteiger partial charge in [0.05, 0.1) is 10.7 Å². The molecule has 0 heterocycles. The van der Waals surface area contributed by atoms with Crippen molar-refractivity contribution < 1.29 is 36.6 Å². The summed E-state index contributed by atoms with van der Waals surface area (Å²) in [5.74, 6) is -6.29. The number of nitrogens with zero attached hydrogens (tertiary/aromatic N) is 2. The number of methoxy groups -OCH3 is 2. The topological polar surface area (TPSA) is 59.1 Å². The number of thioether (sulfide) groups is 1. The van der Waals surface area contributed by atoms with Crippen LogP contribution in [0.1, 0.15) is 10.4 Å². The van der Waals surface area contributed by atoms with Crippen LogP contribution in [0.5, 0.6) is 0 Å². The Morgan fingerprint density at radius 3 is 2.19 bits per heavy atom. The van der Waals surface area contributed by atoms with Gasteiger partial charge in [0.2, 0.25) is 0 Å². The summed E-state index contributed by atoms with van der Waals surface area (Å²) in [7, 11) is 2.43. The molecular formula is C19H17ClF4N2O4S. The first-order valence-electron chi connectivity index (χ1n) is 8.50. The Balaban J connectivity index is 2.44. The first-order valence-corrected chi connectivity index (χ1v) is 9.76. The van der Waals surface area contributed by atoms with Crippen LogP contribution in [-0.2, 0) is 9.47 Å². The molecule has 3 amide bonds. The summed E-state index contributed by atoms with van der Waals surface area (Å²) in [4.78, 5) is 27.4. The number of hydrogen-bond acceptors (Lipinski definition) is 5. The van der Waals surface area contributed by atoms with E-state index in [4.69, 9.17) is 21.1 Å². The fourth-order valence-corrected chi connectivity index (χ4v) is 3.44. The van der Waals surface area contributed by atoms with E-state index in [-0.39, 0.29) is 27.4 Å². The summed E-state index contributed by atoms with van der Waals surface area (Å²) in [6, 6.07) is 5.54. The number of hydrogen-bond donors (Lipinski definition) is 0. The van der Waals surface area contributed by atoms with Gasteiger partial charge in [-0.15, -0.1) is 0 Å². The number of benzene rings is 2. The molecule has 12 heteroatoms. The van der Waals surface area contributed by atoms with Crippen LogP contribution in [0.3, 0.4) is 0 Å². The number of imide groups is 1. The normalized spacial score (nSPS) is 11.0. The number of carbonyl (C=O) groups excluding carboxylic acids is 2. The zero-order valence-electron chi connectivity index (χ0n) is 16.3. The Kier molecular flexibility index (Phi) is 9.11. The van der Waals surface area contributed by atoms with Crippen LogP contribution in [-0.4, -0.2) is 50.3 Å². The molecule has 0 unspecified atom stereocenters. The SMILES string of the molecule is COCN(C(=O)c1c(F)cccc1F)C(=O)N(COC)c1ccc(SC(F)F)cc1Cl. The Labute approximate surface area is 184 Å². The van der Waals surface area contributed by atoms with E-state index in [9.17, 15) is 27.2 Å². The highest BCUT2D eigenvalue weighted by atomic mass is 35.5. The summed E-state index contributed by atoms with van der Waals surface area (Å²) >= 11 is 6.41. The molecular weight excluding hydrogens is 464 g/mol. The molecule has 0 bridgehead atoms. The van der Waals surface area contributed by atoms with Gasteiger partial charge < -0.3 is 9.47 Å². The monoisotopic (exact) mass is 480 g/mol. The van der Waals surface area contributed by atoms with Crippen LogP contribution in [0, 0.1) is 11.6 Å². The molecule has 2 rings (SSSR count). The minimum atomic E-state index is -2.68. The largest absolute Gasteiger partial charge is 0.364 e. The number of rotatable bonds is 8. The lowest BCUT2D eigenvalue weighted by Gasteiger charge is -2.29. The van der Waals surface area contributed by atoms with Crippen molar-refractivity contribution in [1.29, 1.82) is 0 Å². The van der Waals surface area contributed by atoms with Crippen LogP contribution in [0.15, 0.2) is 41.3 Å². The standard InChI is InChI=1S/C19H17ClF4N2O4S/c1-29-9-25(15-7-6-11(8-12(15)20)31-18(23)24)19(28)26(10-30-2)17(27)16-13(21)4-3-5-14(16)22/h3-8,18H,9-10H2,1-2H3. The second kappa shape index (κ2) is 11.3. The van der Waals surface area contributed by atoms with E-state index in [2.05, 4.69) is 0 Å². The number of alkyl halides is 2. The smallest absolute Gasteiger partial charge is 0.335 e. The van der Waals surface area contributed by atoms with Crippen molar-refractivity contribution in [2.45, 2.75) is 10.7 Å². The zero-order valence-corrected chi connectivity index (χ0v) is 17.9. The maximum Gasteiger partial charge on any atom is 0.335 e. The van der Waals surface area contributed by atoms with Gasteiger partial charge in [0.15, 0.2) is 0 Å². The number of urea groups is 1. The quantitative estimate of drug-likeness (QED) is 0.295. The molecule has 0 aromatic heterocycles. The number of anilines is 1. The maximum absolute atomic E-state index is 14.1. The van der Waals surface area contributed by atoms with Crippen molar-refractivity contribution in [1.82, 2.24) is 4.90 Å². The number of carbonyl (C=O) groups is 2. The third kappa shape index (κ3) is 6.10. The molecule has 0 radical (unpaired) electrons. The van der Waals surface area contributed by atoms with Crippen LogP contribution in [0.4, 0.5) is 28.0 Å². The molecule has 31 heavy (non-hydrogen) atoms. The molecule has 0 spiro atoms. The van der Waals surface area contributed by atoms with Crippen molar-refractivity contribution in [3.63, 3.8) is 0 Å². The van der Waals surface area contributed by atoms with Crippen LogP contribution in [0.2, 0.25) is 5.02 Å². The second-order valence-corrected chi connectivity index (χ2v) is 7.34. The molecule has 2 aromatic rings. The number of ether oxygens (including phenoxy) is 2. The maximum atomic E-state index is 14.1. The predicted octanol–water partition coefficient (Wildman–Crippen LogP) is 5.21. The van der Waals surface area contributed by atoms with Gasteiger partial charge >= 0.3 is 6.03 Å². The van der Waals surface area contributed by atoms with Crippen molar-refractivity contribution in [2.24, 2.45) is 0 Å². The van der Waals surface area contributed by atoms with Gasteiger partial charge in [-0.1, -0.05) is 29.4 Å². The van der Waals surface area contributed by atoms with Gasteiger partial charge in [0, 0.05) is 19.1 Å². The van der Waals surface area contributed by atoms with E-state index in [0.717, 1.165) is 23.1 Å². The number of amides is 3. The summed E-state index contributed by atoms with van der Waals surface area (Å²) in [5.41, 5.74) is -0.921.